The summed E-state index contributed by atoms with van der Waals surface area (Å²) in [5, 5.41) is 6.92. The standard InChI is InChI=1S/C18H31N5O2/c1-18(2,3)25-17(24)23-10-8-21(9-11-23)14-15-4-6-22(7-5-15)16-12-19-20-13-16/h12-13,15H,4-11,14H2,1-3H3,(H,19,20). The van der Waals surface area contributed by atoms with Crippen LogP contribution in [0.25, 0.3) is 0 Å². The number of rotatable bonds is 3. The molecule has 2 fully saturated rings. The summed E-state index contributed by atoms with van der Waals surface area (Å²) < 4.78 is 5.46. The maximum absolute atomic E-state index is 12.1. The molecular formula is C18H31N5O2. The third-order valence-electron chi connectivity index (χ3n) is 5.00. The second kappa shape index (κ2) is 7.64. The van der Waals surface area contributed by atoms with Crippen LogP contribution in [0.2, 0.25) is 0 Å². The number of anilines is 1. The normalized spacial score (nSPS) is 20.8. The summed E-state index contributed by atoms with van der Waals surface area (Å²) in [5.41, 5.74) is 0.779. The minimum atomic E-state index is -0.419. The second-order valence-electron chi connectivity index (χ2n) is 8.15. The van der Waals surface area contributed by atoms with Crippen molar-refractivity contribution in [3.8, 4) is 0 Å². The SMILES string of the molecule is CC(C)(C)OC(=O)N1CCN(CC2CCN(c3cn[nH]c3)CC2)CC1. The highest BCUT2D eigenvalue weighted by Gasteiger charge is 2.28. The summed E-state index contributed by atoms with van der Waals surface area (Å²) in [5.74, 6) is 0.747. The summed E-state index contributed by atoms with van der Waals surface area (Å²) in [6.45, 7) is 12.5. The van der Waals surface area contributed by atoms with Gasteiger partial charge in [0.2, 0.25) is 0 Å². The van der Waals surface area contributed by atoms with Gasteiger partial charge in [0.25, 0.3) is 0 Å². The van der Waals surface area contributed by atoms with Crippen molar-refractivity contribution in [3.63, 3.8) is 0 Å². The minimum Gasteiger partial charge on any atom is -0.444 e. The summed E-state index contributed by atoms with van der Waals surface area (Å²) in [4.78, 5) is 18.9. The van der Waals surface area contributed by atoms with Crippen LogP contribution < -0.4 is 4.90 Å². The van der Waals surface area contributed by atoms with Crippen LogP contribution in [0.1, 0.15) is 33.6 Å². The minimum absolute atomic E-state index is 0.180. The van der Waals surface area contributed by atoms with Crippen molar-refractivity contribution in [1.82, 2.24) is 20.0 Å². The summed E-state index contributed by atoms with van der Waals surface area (Å²) in [7, 11) is 0. The van der Waals surface area contributed by atoms with Crippen molar-refractivity contribution in [2.75, 3.05) is 50.7 Å². The molecule has 25 heavy (non-hydrogen) atoms. The van der Waals surface area contributed by atoms with Crippen molar-refractivity contribution in [3.05, 3.63) is 12.4 Å². The van der Waals surface area contributed by atoms with E-state index in [0.717, 1.165) is 51.7 Å². The first-order chi connectivity index (χ1) is 11.9. The van der Waals surface area contributed by atoms with Crippen LogP contribution in [0.4, 0.5) is 10.5 Å². The van der Waals surface area contributed by atoms with E-state index in [0.29, 0.717) is 0 Å². The highest BCUT2D eigenvalue weighted by atomic mass is 16.6. The zero-order chi connectivity index (χ0) is 17.9. The first-order valence-electron chi connectivity index (χ1n) is 9.35. The van der Waals surface area contributed by atoms with Crippen molar-refractivity contribution in [2.24, 2.45) is 5.92 Å². The Labute approximate surface area is 150 Å². The molecule has 3 rings (SSSR count). The molecule has 0 unspecified atom stereocenters. The topological polar surface area (TPSA) is 64.7 Å². The fourth-order valence-corrected chi connectivity index (χ4v) is 3.60. The van der Waals surface area contributed by atoms with Gasteiger partial charge in [0.05, 0.1) is 11.9 Å². The lowest BCUT2D eigenvalue weighted by molar-refractivity contribution is 0.0130. The molecule has 2 aliphatic heterocycles. The smallest absolute Gasteiger partial charge is 0.410 e. The Balaban J connectivity index is 1.38. The van der Waals surface area contributed by atoms with E-state index < -0.39 is 5.60 Å². The van der Waals surface area contributed by atoms with Gasteiger partial charge in [-0.2, -0.15) is 5.10 Å². The number of aromatic amines is 1. The van der Waals surface area contributed by atoms with Crippen LogP contribution in [0.5, 0.6) is 0 Å². The molecule has 1 amide bonds. The second-order valence-corrected chi connectivity index (χ2v) is 8.15. The monoisotopic (exact) mass is 349 g/mol. The molecule has 7 heteroatoms. The molecule has 0 bridgehead atoms. The lowest BCUT2D eigenvalue weighted by atomic mass is 9.95. The van der Waals surface area contributed by atoms with Crippen molar-refractivity contribution < 1.29 is 9.53 Å². The van der Waals surface area contributed by atoms with E-state index in [9.17, 15) is 4.79 Å². The number of aromatic nitrogens is 2. The summed E-state index contributed by atoms with van der Waals surface area (Å²) >= 11 is 0. The zero-order valence-corrected chi connectivity index (χ0v) is 15.7. The average molecular weight is 349 g/mol. The van der Waals surface area contributed by atoms with Gasteiger partial charge in [-0.15, -0.1) is 0 Å². The van der Waals surface area contributed by atoms with Gasteiger partial charge in [-0.1, -0.05) is 0 Å². The number of nitrogens with one attached hydrogen (secondary N) is 1. The fourth-order valence-electron chi connectivity index (χ4n) is 3.60. The Bertz CT molecular complexity index is 538. The lowest BCUT2D eigenvalue weighted by Gasteiger charge is -2.39. The number of carbonyl (C=O) groups excluding carboxylic acids is 1. The molecule has 0 atom stereocenters. The maximum Gasteiger partial charge on any atom is 0.410 e. The van der Waals surface area contributed by atoms with Crippen LogP contribution >= 0.6 is 0 Å². The number of hydrogen-bond acceptors (Lipinski definition) is 5. The maximum atomic E-state index is 12.1. The predicted molar refractivity (Wildman–Crippen MR) is 97.8 cm³/mol. The molecule has 1 aromatic rings. The number of nitrogens with zero attached hydrogens (tertiary/aromatic N) is 4. The van der Waals surface area contributed by atoms with Gasteiger partial charge in [-0.25, -0.2) is 4.79 Å². The first kappa shape index (κ1) is 18.0. The number of carbonyl (C=O) groups is 1. The average Bonchev–Trinajstić information content (AvgIpc) is 3.09. The van der Waals surface area contributed by atoms with Gasteiger partial charge >= 0.3 is 6.09 Å². The van der Waals surface area contributed by atoms with E-state index in [1.165, 1.54) is 18.5 Å². The number of piperazine rings is 1. The Morgan fingerprint density at radius 2 is 1.88 bits per heavy atom. The largest absolute Gasteiger partial charge is 0.444 e. The number of amides is 1. The third kappa shape index (κ3) is 5.11. The van der Waals surface area contributed by atoms with Gasteiger partial charge in [0.15, 0.2) is 0 Å². The molecule has 7 nitrogen and oxygen atoms in total. The molecule has 1 aromatic heterocycles. The van der Waals surface area contributed by atoms with E-state index in [1.54, 1.807) is 0 Å². The molecule has 0 aromatic carbocycles. The molecule has 3 heterocycles. The van der Waals surface area contributed by atoms with Crippen molar-refractivity contribution in [2.45, 2.75) is 39.2 Å². The predicted octanol–water partition coefficient (Wildman–Crippen LogP) is 2.18. The van der Waals surface area contributed by atoms with Gasteiger partial charge < -0.3 is 14.5 Å². The molecule has 2 saturated heterocycles. The Morgan fingerprint density at radius 3 is 2.44 bits per heavy atom. The Kier molecular flexibility index (Phi) is 5.51. The van der Waals surface area contributed by atoms with Crippen LogP contribution in [-0.4, -0.2) is 77.5 Å². The van der Waals surface area contributed by atoms with E-state index in [2.05, 4.69) is 20.0 Å². The Hall–Kier alpha value is -1.76. The van der Waals surface area contributed by atoms with Crippen molar-refractivity contribution in [1.29, 1.82) is 0 Å². The molecule has 0 spiro atoms. The highest BCUT2D eigenvalue weighted by molar-refractivity contribution is 5.68. The Morgan fingerprint density at radius 1 is 1.20 bits per heavy atom. The van der Waals surface area contributed by atoms with Crippen LogP contribution in [-0.2, 0) is 4.74 Å². The van der Waals surface area contributed by atoms with Gasteiger partial charge in [0, 0.05) is 52.0 Å². The number of ether oxygens (including phenoxy) is 1. The van der Waals surface area contributed by atoms with Gasteiger partial charge in [-0.3, -0.25) is 10.00 Å². The van der Waals surface area contributed by atoms with Crippen molar-refractivity contribution >= 4 is 11.8 Å². The van der Waals surface area contributed by atoms with E-state index in [-0.39, 0.29) is 6.09 Å². The van der Waals surface area contributed by atoms with E-state index in [1.807, 2.05) is 38.1 Å². The van der Waals surface area contributed by atoms with Crippen LogP contribution in [0.3, 0.4) is 0 Å². The number of piperidine rings is 1. The van der Waals surface area contributed by atoms with E-state index in [4.69, 9.17) is 4.74 Å². The summed E-state index contributed by atoms with van der Waals surface area (Å²) in [6.07, 6.45) is 6.13. The van der Waals surface area contributed by atoms with Crippen LogP contribution in [0.15, 0.2) is 12.4 Å². The molecule has 0 radical (unpaired) electrons. The van der Waals surface area contributed by atoms with Gasteiger partial charge in [0.1, 0.15) is 5.60 Å². The fraction of sp³-hybridized carbons (Fsp3) is 0.778. The molecule has 2 aliphatic rings. The quantitative estimate of drug-likeness (QED) is 0.906. The lowest BCUT2D eigenvalue weighted by Crippen LogP contribution is -2.51. The zero-order valence-electron chi connectivity index (χ0n) is 15.7. The van der Waals surface area contributed by atoms with Gasteiger partial charge in [-0.05, 0) is 39.5 Å². The highest BCUT2D eigenvalue weighted by Crippen LogP contribution is 2.23. The first-order valence-corrected chi connectivity index (χ1v) is 9.35. The molecule has 140 valence electrons. The third-order valence-corrected chi connectivity index (χ3v) is 5.00. The molecular weight excluding hydrogens is 318 g/mol. The molecule has 1 N–H and O–H groups in total. The van der Waals surface area contributed by atoms with Crippen LogP contribution in [0, 0.1) is 5.92 Å². The molecule has 0 aliphatic carbocycles. The molecule has 0 saturated carbocycles. The number of hydrogen-bond donors (Lipinski definition) is 1. The van der Waals surface area contributed by atoms with E-state index >= 15 is 0 Å². The summed E-state index contributed by atoms with van der Waals surface area (Å²) in [6, 6.07) is 0. The number of H-pyrrole nitrogens is 1.